The molecule has 96 valence electrons. The van der Waals surface area contributed by atoms with Crippen LogP contribution in [0.1, 0.15) is 25.2 Å². The van der Waals surface area contributed by atoms with Crippen LogP contribution in [-0.4, -0.2) is 15.6 Å². The Kier molecular flexibility index (Phi) is 4.53. The SMILES string of the molecule is CC(C)NCc1nccn1CCc1ccccc1. The molecular weight excluding hydrogens is 222 g/mol. The number of nitrogens with zero attached hydrogens (tertiary/aromatic N) is 2. The van der Waals surface area contributed by atoms with Crippen molar-refractivity contribution in [2.75, 3.05) is 0 Å². The third kappa shape index (κ3) is 3.70. The van der Waals surface area contributed by atoms with Gasteiger partial charge in [-0.15, -0.1) is 0 Å². The second-order valence-electron chi connectivity index (χ2n) is 4.81. The van der Waals surface area contributed by atoms with Crippen LogP contribution in [0, 0.1) is 0 Å². The van der Waals surface area contributed by atoms with E-state index in [1.54, 1.807) is 0 Å². The van der Waals surface area contributed by atoms with Crippen LogP contribution in [0.3, 0.4) is 0 Å². The Hall–Kier alpha value is -1.61. The summed E-state index contributed by atoms with van der Waals surface area (Å²) in [5, 5.41) is 3.40. The van der Waals surface area contributed by atoms with E-state index in [0.717, 1.165) is 25.3 Å². The molecule has 1 aromatic carbocycles. The van der Waals surface area contributed by atoms with E-state index in [4.69, 9.17) is 0 Å². The highest BCUT2D eigenvalue weighted by Gasteiger charge is 2.03. The zero-order valence-corrected chi connectivity index (χ0v) is 11.1. The molecule has 3 heteroatoms. The van der Waals surface area contributed by atoms with Gasteiger partial charge in [0.1, 0.15) is 5.82 Å². The van der Waals surface area contributed by atoms with Crippen molar-refractivity contribution in [3.05, 3.63) is 54.1 Å². The predicted molar refractivity (Wildman–Crippen MR) is 74.3 cm³/mol. The molecule has 0 aliphatic rings. The molecule has 0 saturated carbocycles. The largest absolute Gasteiger partial charge is 0.334 e. The lowest BCUT2D eigenvalue weighted by Crippen LogP contribution is -2.24. The number of hydrogen-bond donors (Lipinski definition) is 1. The van der Waals surface area contributed by atoms with Crippen molar-refractivity contribution in [1.82, 2.24) is 14.9 Å². The first kappa shape index (κ1) is 12.8. The van der Waals surface area contributed by atoms with E-state index in [2.05, 4.69) is 65.2 Å². The van der Waals surface area contributed by atoms with E-state index < -0.39 is 0 Å². The third-order valence-corrected chi connectivity index (χ3v) is 2.95. The van der Waals surface area contributed by atoms with E-state index in [1.807, 2.05) is 6.20 Å². The highest BCUT2D eigenvalue weighted by Crippen LogP contribution is 2.04. The highest BCUT2D eigenvalue weighted by atomic mass is 15.1. The molecular formula is C15H21N3. The summed E-state index contributed by atoms with van der Waals surface area (Å²) >= 11 is 0. The lowest BCUT2D eigenvalue weighted by atomic mass is 10.1. The molecule has 0 saturated heterocycles. The monoisotopic (exact) mass is 243 g/mol. The van der Waals surface area contributed by atoms with E-state index in [9.17, 15) is 0 Å². The van der Waals surface area contributed by atoms with Crippen molar-refractivity contribution in [2.45, 2.75) is 39.4 Å². The number of rotatable bonds is 6. The Morgan fingerprint density at radius 3 is 2.72 bits per heavy atom. The predicted octanol–water partition coefficient (Wildman–Crippen LogP) is 2.62. The normalized spacial score (nSPS) is 11.1. The summed E-state index contributed by atoms with van der Waals surface area (Å²) in [4.78, 5) is 4.40. The van der Waals surface area contributed by atoms with E-state index in [-0.39, 0.29) is 0 Å². The Morgan fingerprint density at radius 1 is 1.22 bits per heavy atom. The van der Waals surface area contributed by atoms with Crippen molar-refractivity contribution < 1.29 is 0 Å². The first-order valence-electron chi connectivity index (χ1n) is 6.53. The minimum absolute atomic E-state index is 0.490. The van der Waals surface area contributed by atoms with Crippen LogP contribution in [0.5, 0.6) is 0 Å². The summed E-state index contributed by atoms with van der Waals surface area (Å²) in [5.41, 5.74) is 1.37. The fourth-order valence-corrected chi connectivity index (χ4v) is 1.90. The summed E-state index contributed by atoms with van der Waals surface area (Å²) in [5.74, 6) is 1.11. The molecule has 0 amide bonds. The maximum absolute atomic E-state index is 4.40. The summed E-state index contributed by atoms with van der Waals surface area (Å²) in [6.45, 7) is 6.12. The zero-order chi connectivity index (χ0) is 12.8. The van der Waals surface area contributed by atoms with E-state index in [1.165, 1.54) is 5.56 Å². The summed E-state index contributed by atoms with van der Waals surface area (Å²) in [7, 11) is 0. The Labute approximate surface area is 109 Å². The minimum atomic E-state index is 0.490. The Balaban J connectivity index is 1.91. The molecule has 0 unspecified atom stereocenters. The van der Waals surface area contributed by atoms with Gasteiger partial charge in [0.05, 0.1) is 6.54 Å². The Morgan fingerprint density at radius 2 is 2.00 bits per heavy atom. The maximum atomic E-state index is 4.40. The molecule has 0 bridgehead atoms. The zero-order valence-electron chi connectivity index (χ0n) is 11.1. The topological polar surface area (TPSA) is 29.9 Å². The molecule has 1 aromatic heterocycles. The first-order chi connectivity index (χ1) is 8.75. The maximum Gasteiger partial charge on any atom is 0.122 e. The number of aryl methyl sites for hydroxylation is 2. The lowest BCUT2D eigenvalue weighted by molar-refractivity contribution is 0.544. The van der Waals surface area contributed by atoms with Gasteiger partial charge in [-0.3, -0.25) is 0 Å². The van der Waals surface area contributed by atoms with Crippen molar-refractivity contribution >= 4 is 0 Å². The smallest absolute Gasteiger partial charge is 0.122 e. The Bertz CT molecular complexity index is 460. The second kappa shape index (κ2) is 6.36. The number of imidazole rings is 1. The highest BCUT2D eigenvalue weighted by molar-refractivity contribution is 5.14. The minimum Gasteiger partial charge on any atom is -0.334 e. The van der Waals surface area contributed by atoms with Crippen LogP contribution in [0.25, 0.3) is 0 Å². The van der Waals surface area contributed by atoms with Gasteiger partial charge in [-0.25, -0.2) is 4.98 Å². The van der Waals surface area contributed by atoms with E-state index in [0.29, 0.717) is 6.04 Å². The quantitative estimate of drug-likeness (QED) is 0.845. The molecule has 0 spiro atoms. The molecule has 1 heterocycles. The first-order valence-corrected chi connectivity index (χ1v) is 6.53. The van der Waals surface area contributed by atoms with Crippen LogP contribution in [0.15, 0.2) is 42.7 Å². The van der Waals surface area contributed by atoms with Gasteiger partial charge in [-0.2, -0.15) is 0 Å². The number of nitrogens with one attached hydrogen (secondary N) is 1. The van der Waals surface area contributed by atoms with Crippen LogP contribution >= 0.6 is 0 Å². The summed E-state index contributed by atoms with van der Waals surface area (Å²) < 4.78 is 2.22. The molecule has 18 heavy (non-hydrogen) atoms. The fourth-order valence-electron chi connectivity index (χ4n) is 1.90. The molecule has 0 aliphatic carbocycles. The third-order valence-electron chi connectivity index (χ3n) is 2.95. The van der Waals surface area contributed by atoms with Crippen molar-refractivity contribution in [3.63, 3.8) is 0 Å². The van der Waals surface area contributed by atoms with Crippen LogP contribution in [0.4, 0.5) is 0 Å². The van der Waals surface area contributed by atoms with Gasteiger partial charge in [0.25, 0.3) is 0 Å². The standard InChI is InChI=1S/C15H21N3/c1-13(2)17-12-15-16-9-11-18(15)10-8-14-6-4-3-5-7-14/h3-7,9,11,13,17H,8,10,12H2,1-2H3. The molecule has 0 atom stereocenters. The van der Waals surface area contributed by atoms with Gasteiger partial charge in [-0.1, -0.05) is 44.2 Å². The summed E-state index contributed by atoms with van der Waals surface area (Å²) in [6, 6.07) is 11.1. The van der Waals surface area contributed by atoms with Gasteiger partial charge < -0.3 is 9.88 Å². The van der Waals surface area contributed by atoms with Gasteiger partial charge in [0.2, 0.25) is 0 Å². The van der Waals surface area contributed by atoms with Crippen molar-refractivity contribution in [2.24, 2.45) is 0 Å². The van der Waals surface area contributed by atoms with Gasteiger partial charge in [0.15, 0.2) is 0 Å². The van der Waals surface area contributed by atoms with Crippen LogP contribution in [0.2, 0.25) is 0 Å². The summed E-state index contributed by atoms with van der Waals surface area (Å²) in [6.07, 6.45) is 4.98. The average Bonchev–Trinajstić information content (AvgIpc) is 2.82. The van der Waals surface area contributed by atoms with Crippen molar-refractivity contribution in [1.29, 1.82) is 0 Å². The van der Waals surface area contributed by atoms with Gasteiger partial charge in [0, 0.05) is 25.0 Å². The number of benzene rings is 1. The van der Waals surface area contributed by atoms with E-state index >= 15 is 0 Å². The molecule has 2 aromatic rings. The average molecular weight is 243 g/mol. The second-order valence-corrected chi connectivity index (χ2v) is 4.81. The lowest BCUT2D eigenvalue weighted by Gasteiger charge is -2.10. The molecule has 2 rings (SSSR count). The molecule has 3 nitrogen and oxygen atoms in total. The van der Waals surface area contributed by atoms with Crippen LogP contribution < -0.4 is 5.32 Å². The number of hydrogen-bond acceptors (Lipinski definition) is 2. The van der Waals surface area contributed by atoms with Crippen LogP contribution in [-0.2, 0) is 19.5 Å². The van der Waals surface area contributed by atoms with Crippen molar-refractivity contribution in [3.8, 4) is 0 Å². The van der Waals surface area contributed by atoms with Gasteiger partial charge >= 0.3 is 0 Å². The number of aromatic nitrogens is 2. The molecule has 1 N–H and O–H groups in total. The molecule has 0 radical (unpaired) electrons. The van der Waals surface area contributed by atoms with Gasteiger partial charge in [-0.05, 0) is 12.0 Å². The molecule has 0 fully saturated rings. The molecule has 0 aliphatic heterocycles. The fraction of sp³-hybridized carbons (Fsp3) is 0.400.